The van der Waals surface area contributed by atoms with Crippen LogP contribution in [0.3, 0.4) is 0 Å². The summed E-state index contributed by atoms with van der Waals surface area (Å²) in [5.41, 5.74) is 3.04. The van der Waals surface area contributed by atoms with E-state index in [-0.39, 0.29) is 0 Å². The van der Waals surface area contributed by atoms with Gasteiger partial charge in [-0.15, -0.1) is 0 Å². The van der Waals surface area contributed by atoms with Crippen LogP contribution in [0, 0.1) is 5.41 Å². The Hall–Kier alpha value is -1.06. The first kappa shape index (κ1) is 12.9. The molecule has 2 aliphatic rings. The second-order valence-corrected chi connectivity index (χ2v) is 6.28. The monoisotopic (exact) mass is 261 g/mol. The van der Waals surface area contributed by atoms with Crippen LogP contribution in [-0.4, -0.2) is 24.9 Å². The number of aromatic hydroxyl groups is 1. The molecular weight excluding hydrogens is 238 g/mol. The summed E-state index contributed by atoms with van der Waals surface area (Å²) in [6.07, 6.45) is 4.51. The molecule has 1 aliphatic carbocycles. The first-order chi connectivity index (χ1) is 9.16. The summed E-state index contributed by atoms with van der Waals surface area (Å²) >= 11 is 0. The van der Waals surface area contributed by atoms with Crippen LogP contribution in [0.1, 0.15) is 43.4 Å². The minimum Gasteiger partial charge on any atom is -0.508 e. The summed E-state index contributed by atoms with van der Waals surface area (Å²) < 4.78 is 5.45. The molecule has 1 atom stereocenters. The standard InChI is InChI=1S/C16H23NO2/c1-16(6-8-19-9-7-16)11-17-15-5-2-12-10-13(18)3-4-14(12)15/h3-4,10,15,17-18H,2,5-9,11H2,1H3. The quantitative estimate of drug-likeness (QED) is 0.879. The number of phenolic OH excluding ortho intramolecular Hbond substituents is 1. The van der Waals surface area contributed by atoms with Gasteiger partial charge in [-0.3, -0.25) is 0 Å². The van der Waals surface area contributed by atoms with Gasteiger partial charge in [0, 0.05) is 25.8 Å². The number of hydrogen-bond donors (Lipinski definition) is 2. The van der Waals surface area contributed by atoms with Crippen LogP contribution in [0.4, 0.5) is 0 Å². The van der Waals surface area contributed by atoms with Crippen molar-refractivity contribution in [1.82, 2.24) is 5.32 Å². The molecule has 3 nitrogen and oxygen atoms in total. The Bertz CT molecular complexity index is 452. The SMILES string of the molecule is CC1(CNC2CCc3cc(O)ccc32)CCOCC1. The lowest BCUT2D eigenvalue weighted by atomic mass is 9.82. The Labute approximate surface area is 115 Å². The topological polar surface area (TPSA) is 41.5 Å². The molecule has 1 unspecified atom stereocenters. The molecule has 1 fully saturated rings. The van der Waals surface area contributed by atoms with E-state index in [4.69, 9.17) is 4.74 Å². The maximum atomic E-state index is 9.52. The third-order valence-corrected chi connectivity index (χ3v) is 4.68. The van der Waals surface area contributed by atoms with Gasteiger partial charge in [-0.2, -0.15) is 0 Å². The molecule has 0 aromatic heterocycles. The van der Waals surface area contributed by atoms with E-state index in [1.54, 1.807) is 6.07 Å². The Morgan fingerprint density at radius 1 is 1.37 bits per heavy atom. The molecule has 0 radical (unpaired) electrons. The highest BCUT2D eigenvalue weighted by Crippen LogP contribution is 2.35. The van der Waals surface area contributed by atoms with E-state index >= 15 is 0 Å². The van der Waals surface area contributed by atoms with Gasteiger partial charge < -0.3 is 15.2 Å². The van der Waals surface area contributed by atoms with Crippen LogP contribution in [-0.2, 0) is 11.2 Å². The van der Waals surface area contributed by atoms with E-state index in [0.717, 1.165) is 45.4 Å². The molecule has 1 aromatic carbocycles. The molecule has 3 rings (SSSR count). The Balaban J connectivity index is 1.63. The van der Waals surface area contributed by atoms with Gasteiger partial charge >= 0.3 is 0 Å². The van der Waals surface area contributed by atoms with Crippen molar-refractivity contribution in [2.24, 2.45) is 5.41 Å². The summed E-state index contributed by atoms with van der Waals surface area (Å²) in [5, 5.41) is 13.3. The van der Waals surface area contributed by atoms with Crippen LogP contribution in [0.2, 0.25) is 0 Å². The third-order valence-electron chi connectivity index (χ3n) is 4.68. The summed E-state index contributed by atoms with van der Waals surface area (Å²) in [6.45, 7) is 5.21. The number of phenols is 1. The molecule has 0 bridgehead atoms. The van der Waals surface area contributed by atoms with Gasteiger partial charge in [-0.1, -0.05) is 13.0 Å². The van der Waals surface area contributed by atoms with Gasteiger partial charge in [0.05, 0.1) is 0 Å². The van der Waals surface area contributed by atoms with E-state index in [0.29, 0.717) is 17.2 Å². The van der Waals surface area contributed by atoms with E-state index < -0.39 is 0 Å². The predicted molar refractivity (Wildman–Crippen MR) is 75.3 cm³/mol. The van der Waals surface area contributed by atoms with E-state index in [9.17, 15) is 5.11 Å². The normalized spacial score (nSPS) is 25.2. The highest BCUT2D eigenvalue weighted by molar-refractivity contribution is 5.40. The lowest BCUT2D eigenvalue weighted by Crippen LogP contribution is -2.37. The van der Waals surface area contributed by atoms with Gasteiger partial charge in [0.2, 0.25) is 0 Å². The predicted octanol–water partition coefficient (Wildman–Crippen LogP) is 2.79. The van der Waals surface area contributed by atoms with E-state index in [2.05, 4.69) is 18.3 Å². The van der Waals surface area contributed by atoms with Crippen molar-refractivity contribution in [2.75, 3.05) is 19.8 Å². The molecule has 2 N–H and O–H groups in total. The molecular formula is C16H23NO2. The summed E-state index contributed by atoms with van der Waals surface area (Å²) in [5.74, 6) is 0.385. The van der Waals surface area contributed by atoms with Crippen LogP contribution in [0.25, 0.3) is 0 Å². The maximum Gasteiger partial charge on any atom is 0.115 e. The van der Waals surface area contributed by atoms with Gasteiger partial charge in [0.15, 0.2) is 0 Å². The van der Waals surface area contributed by atoms with Gasteiger partial charge in [-0.25, -0.2) is 0 Å². The molecule has 0 amide bonds. The molecule has 104 valence electrons. The zero-order valence-electron chi connectivity index (χ0n) is 11.6. The molecule has 0 spiro atoms. The van der Waals surface area contributed by atoms with Crippen LogP contribution >= 0.6 is 0 Å². The first-order valence-corrected chi connectivity index (χ1v) is 7.29. The number of aryl methyl sites for hydroxylation is 1. The molecule has 1 aliphatic heterocycles. The van der Waals surface area contributed by atoms with Gasteiger partial charge in [0.25, 0.3) is 0 Å². The Morgan fingerprint density at radius 3 is 2.95 bits per heavy atom. The van der Waals surface area contributed by atoms with Gasteiger partial charge in [0.1, 0.15) is 5.75 Å². The van der Waals surface area contributed by atoms with Crippen molar-refractivity contribution >= 4 is 0 Å². The van der Waals surface area contributed by atoms with Crippen molar-refractivity contribution < 1.29 is 9.84 Å². The van der Waals surface area contributed by atoms with Gasteiger partial charge in [-0.05, 0) is 54.4 Å². The Morgan fingerprint density at radius 2 is 2.16 bits per heavy atom. The lowest BCUT2D eigenvalue weighted by Gasteiger charge is -2.34. The summed E-state index contributed by atoms with van der Waals surface area (Å²) in [7, 11) is 0. The van der Waals surface area contributed by atoms with Crippen molar-refractivity contribution in [3.8, 4) is 5.75 Å². The number of ether oxygens (including phenoxy) is 1. The highest BCUT2D eigenvalue weighted by Gasteiger charge is 2.29. The highest BCUT2D eigenvalue weighted by atomic mass is 16.5. The lowest BCUT2D eigenvalue weighted by molar-refractivity contribution is 0.0229. The minimum atomic E-state index is 0.373. The number of hydrogen-bond acceptors (Lipinski definition) is 3. The molecule has 3 heteroatoms. The van der Waals surface area contributed by atoms with E-state index in [1.807, 2.05) is 6.07 Å². The zero-order valence-corrected chi connectivity index (χ0v) is 11.6. The molecule has 1 heterocycles. The second kappa shape index (κ2) is 5.14. The number of fused-ring (bicyclic) bond motifs is 1. The van der Waals surface area contributed by atoms with Crippen molar-refractivity contribution in [3.63, 3.8) is 0 Å². The average Bonchev–Trinajstić information content (AvgIpc) is 2.79. The smallest absolute Gasteiger partial charge is 0.115 e. The van der Waals surface area contributed by atoms with Crippen LogP contribution in [0.15, 0.2) is 18.2 Å². The van der Waals surface area contributed by atoms with Crippen molar-refractivity contribution in [2.45, 2.75) is 38.6 Å². The van der Waals surface area contributed by atoms with Crippen LogP contribution < -0.4 is 5.32 Å². The number of rotatable bonds is 3. The minimum absolute atomic E-state index is 0.373. The maximum absolute atomic E-state index is 9.52. The largest absolute Gasteiger partial charge is 0.508 e. The van der Waals surface area contributed by atoms with E-state index in [1.165, 1.54) is 11.1 Å². The fourth-order valence-corrected chi connectivity index (χ4v) is 3.23. The average molecular weight is 261 g/mol. The molecule has 1 saturated heterocycles. The summed E-state index contributed by atoms with van der Waals surface area (Å²) in [4.78, 5) is 0. The fraction of sp³-hybridized carbons (Fsp3) is 0.625. The van der Waals surface area contributed by atoms with Crippen LogP contribution in [0.5, 0.6) is 5.75 Å². The fourth-order valence-electron chi connectivity index (χ4n) is 3.23. The summed E-state index contributed by atoms with van der Waals surface area (Å²) in [6, 6.07) is 6.24. The zero-order chi connectivity index (χ0) is 13.3. The molecule has 19 heavy (non-hydrogen) atoms. The number of nitrogens with one attached hydrogen (secondary N) is 1. The Kier molecular flexibility index (Phi) is 3.50. The third kappa shape index (κ3) is 2.77. The molecule has 1 aromatic rings. The molecule has 0 saturated carbocycles. The first-order valence-electron chi connectivity index (χ1n) is 7.29. The second-order valence-electron chi connectivity index (χ2n) is 6.28. The number of benzene rings is 1. The van der Waals surface area contributed by atoms with Crippen molar-refractivity contribution in [1.29, 1.82) is 0 Å². The van der Waals surface area contributed by atoms with Crippen molar-refractivity contribution in [3.05, 3.63) is 29.3 Å².